The van der Waals surface area contributed by atoms with Crippen LogP contribution in [0.5, 0.6) is 0 Å². The number of hydrogen-bond acceptors (Lipinski definition) is 3. The highest BCUT2D eigenvalue weighted by Crippen LogP contribution is 2.17. The molecule has 1 aliphatic heterocycles. The van der Waals surface area contributed by atoms with Gasteiger partial charge in [0, 0.05) is 43.7 Å². The van der Waals surface area contributed by atoms with Crippen molar-refractivity contribution in [3.8, 4) is 0 Å². The molecular weight excluding hydrogens is 214 g/mol. The van der Waals surface area contributed by atoms with E-state index in [1.54, 1.807) is 0 Å². The molecule has 0 unspecified atom stereocenters. The van der Waals surface area contributed by atoms with Gasteiger partial charge in [0.15, 0.2) is 0 Å². The molecule has 4 nitrogen and oxygen atoms in total. The Morgan fingerprint density at radius 1 is 1.06 bits per heavy atom. The molecule has 0 atom stereocenters. The predicted octanol–water partition coefficient (Wildman–Crippen LogP) is 1.06. The van der Waals surface area contributed by atoms with E-state index in [0.29, 0.717) is 6.42 Å². The van der Waals surface area contributed by atoms with Crippen LogP contribution in [0.25, 0.3) is 0 Å². The Balaban J connectivity index is 2.45. The summed E-state index contributed by atoms with van der Waals surface area (Å²) < 4.78 is 0. The van der Waals surface area contributed by atoms with Crippen LogP contribution < -0.4 is 5.73 Å². The van der Waals surface area contributed by atoms with Crippen LogP contribution in [-0.4, -0.2) is 53.0 Å². The summed E-state index contributed by atoms with van der Waals surface area (Å²) in [4.78, 5) is 16.4. The highest BCUT2D eigenvalue weighted by Gasteiger charge is 2.29. The van der Waals surface area contributed by atoms with Crippen LogP contribution in [0.3, 0.4) is 0 Å². The van der Waals surface area contributed by atoms with E-state index in [-0.39, 0.29) is 11.4 Å². The lowest BCUT2D eigenvalue weighted by Gasteiger charge is -2.42. The lowest BCUT2D eigenvalue weighted by Crippen LogP contribution is -2.55. The lowest BCUT2D eigenvalue weighted by atomic mass is 10.0. The van der Waals surface area contributed by atoms with Crippen LogP contribution in [0.2, 0.25) is 0 Å². The van der Waals surface area contributed by atoms with E-state index in [9.17, 15) is 4.79 Å². The molecule has 2 N–H and O–H groups in total. The van der Waals surface area contributed by atoms with E-state index in [1.165, 1.54) is 0 Å². The summed E-state index contributed by atoms with van der Waals surface area (Å²) in [5.41, 5.74) is 5.67. The van der Waals surface area contributed by atoms with Crippen molar-refractivity contribution >= 4 is 5.91 Å². The molecule has 0 radical (unpaired) electrons. The average Bonchev–Trinajstić information content (AvgIpc) is 2.14. The molecule has 0 spiro atoms. The number of carbonyl (C=O) groups excluding carboxylic acids is 1. The minimum Gasteiger partial charge on any atom is -0.340 e. The lowest BCUT2D eigenvalue weighted by molar-refractivity contribution is -0.134. The molecule has 1 fully saturated rings. The molecule has 4 heteroatoms. The van der Waals surface area contributed by atoms with Crippen LogP contribution in [0, 0.1) is 0 Å². The van der Waals surface area contributed by atoms with Crippen molar-refractivity contribution < 1.29 is 4.79 Å². The van der Waals surface area contributed by atoms with E-state index in [1.807, 2.05) is 18.7 Å². The molecule has 1 aliphatic rings. The maximum atomic E-state index is 12.0. The van der Waals surface area contributed by atoms with Gasteiger partial charge in [-0.15, -0.1) is 0 Å². The molecule has 1 rings (SSSR count). The highest BCUT2D eigenvalue weighted by molar-refractivity contribution is 5.77. The monoisotopic (exact) mass is 241 g/mol. The van der Waals surface area contributed by atoms with E-state index in [2.05, 4.69) is 25.7 Å². The van der Waals surface area contributed by atoms with Gasteiger partial charge < -0.3 is 10.6 Å². The molecule has 17 heavy (non-hydrogen) atoms. The average molecular weight is 241 g/mol. The van der Waals surface area contributed by atoms with E-state index < -0.39 is 5.54 Å². The van der Waals surface area contributed by atoms with Gasteiger partial charge in [-0.25, -0.2) is 0 Å². The van der Waals surface area contributed by atoms with E-state index in [0.717, 1.165) is 26.2 Å². The maximum absolute atomic E-state index is 12.0. The zero-order chi connectivity index (χ0) is 13.3. The summed E-state index contributed by atoms with van der Waals surface area (Å²) in [6.45, 7) is 14.0. The number of nitrogens with two attached hydrogens (primary N) is 1. The Morgan fingerprint density at radius 3 is 1.88 bits per heavy atom. The quantitative estimate of drug-likeness (QED) is 0.786. The summed E-state index contributed by atoms with van der Waals surface area (Å²) in [7, 11) is 0. The fourth-order valence-electron chi connectivity index (χ4n) is 2.13. The second-order valence-electron chi connectivity index (χ2n) is 6.70. The number of amides is 1. The van der Waals surface area contributed by atoms with Gasteiger partial charge in [-0.3, -0.25) is 9.69 Å². The summed E-state index contributed by atoms with van der Waals surface area (Å²) in [6.07, 6.45) is 0.433. The molecule has 1 saturated heterocycles. The van der Waals surface area contributed by atoms with Crippen molar-refractivity contribution in [2.75, 3.05) is 26.2 Å². The Hall–Kier alpha value is -0.610. The number of hydrogen-bond donors (Lipinski definition) is 1. The van der Waals surface area contributed by atoms with Gasteiger partial charge in [0.05, 0.1) is 0 Å². The van der Waals surface area contributed by atoms with E-state index >= 15 is 0 Å². The first-order valence-electron chi connectivity index (χ1n) is 6.41. The summed E-state index contributed by atoms with van der Waals surface area (Å²) >= 11 is 0. The molecular formula is C13H27N3O. The van der Waals surface area contributed by atoms with Crippen molar-refractivity contribution in [2.24, 2.45) is 5.73 Å². The van der Waals surface area contributed by atoms with E-state index in [4.69, 9.17) is 5.73 Å². The first-order chi connectivity index (χ1) is 7.59. The van der Waals surface area contributed by atoms with Gasteiger partial charge in [-0.05, 0) is 34.6 Å². The Labute approximate surface area is 105 Å². The van der Waals surface area contributed by atoms with Crippen LogP contribution in [0.15, 0.2) is 0 Å². The molecule has 0 bridgehead atoms. The van der Waals surface area contributed by atoms with Crippen LogP contribution in [0.4, 0.5) is 0 Å². The topological polar surface area (TPSA) is 49.6 Å². The fraction of sp³-hybridized carbons (Fsp3) is 0.923. The smallest absolute Gasteiger partial charge is 0.224 e. The standard InChI is InChI=1S/C13H27N3O/c1-12(2,3)16-8-6-15(7-9-16)11(17)10-13(4,5)14/h6-10,14H2,1-5H3. The number of rotatable bonds is 2. The third-order valence-electron chi connectivity index (χ3n) is 3.19. The minimum atomic E-state index is -0.405. The van der Waals surface area contributed by atoms with Gasteiger partial charge in [0.1, 0.15) is 0 Å². The third kappa shape index (κ3) is 4.64. The molecule has 100 valence electrons. The Bertz CT molecular complexity index is 267. The molecule has 1 heterocycles. The van der Waals surface area contributed by atoms with Gasteiger partial charge in [-0.2, -0.15) is 0 Å². The van der Waals surface area contributed by atoms with Crippen molar-refractivity contribution in [3.63, 3.8) is 0 Å². The number of piperazine rings is 1. The molecule has 1 amide bonds. The van der Waals surface area contributed by atoms with Crippen molar-refractivity contribution in [2.45, 2.75) is 52.1 Å². The second-order valence-corrected chi connectivity index (χ2v) is 6.70. The zero-order valence-electron chi connectivity index (χ0n) is 11.9. The third-order valence-corrected chi connectivity index (χ3v) is 3.19. The van der Waals surface area contributed by atoms with Gasteiger partial charge in [0.25, 0.3) is 0 Å². The summed E-state index contributed by atoms with van der Waals surface area (Å²) in [6, 6.07) is 0. The van der Waals surface area contributed by atoms with Crippen LogP contribution in [-0.2, 0) is 4.79 Å². The van der Waals surface area contributed by atoms with Gasteiger partial charge in [-0.1, -0.05) is 0 Å². The first-order valence-corrected chi connectivity index (χ1v) is 6.41. The largest absolute Gasteiger partial charge is 0.340 e. The number of nitrogens with zero attached hydrogens (tertiary/aromatic N) is 2. The van der Waals surface area contributed by atoms with Crippen LogP contribution in [0.1, 0.15) is 41.0 Å². The molecule has 0 aromatic carbocycles. The summed E-state index contributed by atoms with van der Waals surface area (Å²) in [5.74, 6) is 0.186. The Kier molecular flexibility index (Phi) is 4.20. The minimum absolute atomic E-state index is 0.186. The fourth-order valence-corrected chi connectivity index (χ4v) is 2.13. The summed E-state index contributed by atoms with van der Waals surface area (Å²) in [5, 5.41) is 0. The Morgan fingerprint density at radius 2 is 1.53 bits per heavy atom. The number of carbonyl (C=O) groups is 1. The first kappa shape index (κ1) is 14.5. The molecule has 0 saturated carbocycles. The highest BCUT2D eigenvalue weighted by atomic mass is 16.2. The van der Waals surface area contributed by atoms with Gasteiger partial charge >= 0.3 is 0 Å². The second kappa shape index (κ2) is 4.94. The van der Waals surface area contributed by atoms with Crippen molar-refractivity contribution in [1.29, 1.82) is 0 Å². The van der Waals surface area contributed by atoms with Crippen LogP contribution >= 0.6 is 0 Å². The molecule has 0 aromatic heterocycles. The van der Waals surface area contributed by atoms with Gasteiger partial charge in [0.2, 0.25) is 5.91 Å². The maximum Gasteiger partial charge on any atom is 0.224 e. The van der Waals surface area contributed by atoms with Crippen molar-refractivity contribution in [3.05, 3.63) is 0 Å². The van der Waals surface area contributed by atoms with Crippen molar-refractivity contribution in [1.82, 2.24) is 9.80 Å². The normalized spacial score (nSPS) is 19.5. The predicted molar refractivity (Wildman–Crippen MR) is 70.8 cm³/mol. The molecule has 0 aliphatic carbocycles. The molecule has 0 aromatic rings. The SMILES string of the molecule is CC(C)(N)CC(=O)N1CCN(C(C)(C)C)CC1. The zero-order valence-corrected chi connectivity index (χ0v) is 11.9.